The van der Waals surface area contributed by atoms with Crippen molar-refractivity contribution < 1.29 is 4.74 Å². The highest BCUT2D eigenvalue weighted by Crippen LogP contribution is 2.28. The number of aryl methyl sites for hydroxylation is 1. The van der Waals surface area contributed by atoms with Gasteiger partial charge in [0.2, 0.25) is 0 Å². The van der Waals surface area contributed by atoms with Crippen LogP contribution in [-0.4, -0.2) is 54.3 Å². The summed E-state index contributed by atoms with van der Waals surface area (Å²) < 4.78 is 7.61. The van der Waals surface area contributed by atoms with Gasteiger partial charge in [0.15, 0.2) is 0 Å². The Kier molecular flexibility index (Phi) is 7.53. The Morgan fingerprint density at radius 3 is 2.43 bits per heavy atom. The van der Waals surface area contributed by atoms with Crippen molar-refractivity contribution in [3.8, 4) is 11.4 Å². The van der Waals surface area contributed by atoms with Crippen molar-refractivity contribution in [1.82, 2.24) is 14.5 Å². The van der Waals surface area contributed by atoms with Gasteiger partial charge in [-0.2, -0.15) is 0 Å². The van der Waals surface area contributed by atoms with Crippen LogP contribution in [0.5, 0.6) is 5.75 Å². The number of imidazole rings is 1. The standard InChI is InChI=1S/C23H29N5O.BrH/c1-18-7-9-19(10-8-18)28-12-11-25-23(28)20(24)17-26-13-15-27(16-14-26)21-5-3-4-6-22(21)29-2;/h3-12,20H,13-17,24H2,1-2H3;1H. The van der Waals surface area contributed by atoms with Crippen molar-refractivity contribution in [3.63, 3.8) is 0 Å². The van der Waals surface area contributed by atoms with Crippen molar-refractivity contribution in [2.45, 2.75) is 13.0 Å². The summed E-state index contributed by atoms with van der Waals surface area (Å²) >= 11 is 0. The first kappa shape index (κ1) is 22.3. The van der Waals surface area contributed by atoms with E-state index in [1.165, 1.54) is 5.56 Å². The molecule has 160 valence electrons. The third-order valence-corrected chi connectivity index (χ3v) is 5.57. The normalized spacial score (nSPS) is 15.5. The third kappa shape index (κ3) is 4.86. The van der Waals surface area contributed by atoms with Crippen LogP contribution >= 0.6 is 17.0 Å². The summed E-state index contributed by atoms with van der Waals surface area (Å²) in [5.74, 6) is 1.83. The maximum Gasteiger partial charge on any atom is 0.142 e. The Balaban J connectivity index is 0.00000256. The molecule has 2 N–H and O–H groups in total. The van der Waals surface area contributed by atoms with Crippen LogP contribution in [0, 0.1) is 6.92 Å². The number of hydrogen-bond donors (Lipinski definition) is 1. The van der Waals surface area contributed by atoms with E-state index < -0.39 is 0 Å². The van der Waals surface area contributed by atoms with Gasteiger partial charge in [-0.15, -0.1) is 17.0 Å². The zero-order chi connectivity index (χ0) is 20.2. The van der Waals surface area contributed by atoms with Gasteiger partial charge in [-0.05, 0) is 31.2 Å². The monoisotopic (exact) mass is 471 g/mol. The molecular formula is C23H30BrN5O. The molecule has 0 amide bonds. The Hall–Kier alpha value is -2.35. The highest BCUT2D eigenvalue weighted by Gasteiger charge is 2.23. The number of para-hydroxylation sites is 2. The number of methoxy groups -OCH3 is 1. The summed E-state index contributed by atoms with van der Waals surface area (Å²) in [6.45, 7) is 6.74. The van der Waals surface area contributed by atoms with Crippen LogP contribution in [0.3, 0.4) is 0 Å². The van der Waals surface area contributed by atoms with Crippen LogP contribution in [0.25, 0.3) is 5.69 Å². The topological polar surface area (TPSA) is 59.6 Å². The number of benzene rings is 2. The van der Waals surface area contributed by atoms with Gasteiger partial charge in [-0.3, -0.25) is 4.90 Å². The Labute approximate surface area is 189 Å². The van der Waals surface area contributed by atoms with Gasteiger partial charge < -0.3 is 19.9 Å². The van der Waals surface area contributed by atoms with Gasteiger partial charge >= 0.3 is 0 Å². The highest BCUT2D eigenvalue weighted by atomic mass is 79.9. The second-order valence-electron chi connectivity index (χ2n) is 7.56. The molecule has 1 aliphatic heterocycles. The van der Waals surface area contributed by atoms with E-state index in [0.29, 0.717) is 0 Å². The molecule has 7 heteroatoms. The Morgan fingerprint density at radius 2 is 1.73 bits per heavy atom. The molecule has 0 radical (unpaired) electrons. The SMILES string of the molecule is Br.COc1ccccc1N1CCN(CC(N)c2nccn2-c2ccc(C)cc2)CC1. The lowest BCUT2D eigenvalue weighted by Crippen LogP contribution is -2.48. The van der Waals surface area contributed by atoms with E-state index in [1.54, 1.807) is 7.11 Å². The molecule has 0 saturated carbocycles. The number of piperazine rings is 1. The Bertz CT molecular complexity index is 935. The minimum Gasteiger partial charge on any atom is -0.495 e. The molecule has 6 nitrogen and oxygen atoms in total. The first-order chi connectivity index (χ1) is 14.2. The van der Waals surface area contributed by atoms with E-state index in [9.17, 15) is 0 Å². The lowest BCUT2D eigenvalue weighted by atomic mass is 10.2. The fourth-order valence-electron chi connectivity index (χ4n) is 3.94. The van der Waals surface area contributed by atoms with Crippen molar-refractivity contribution in [1.29, 1.82) is 0 Å². The smallest absolute Gasteiger partial charge is 0.142 e. The molecule has 3 aromatic rings. The lowest BCUT2D eigenvalue weighted by Gasteiger charge is -2.37. The van der Waals surface area contributed by atoms with Gasteiger partial charge in [0.1, 0.15) is 11.6 Å². The molecule has 2 heterocycles. The number of halogens is 1. The zero-order valence-electron chi connectivity index (χ0n) is 17.6. The predicted molar refractivity (Wildman–Crippen MR) is 127 cm³/mol. The minimum atomic E-state index is -0.135. The molecule has 1 saturated heterocycles. The van der Waals surface area contributed by atoms with Crippen LogP contribution < -0.4 is 15.4 Å². The summed E-state index contributed by atoms with van der Waals surface area (Å²) in [5, 5.41) is 0. The summed E-state index contributed by atoms with van der Waals surface area (Å²) in [6, 6.07) is 16.5. The van der Waals surface area contributed by atoms with Crippen molar-refractivity contribution in [3.05, 3.63) is 72.3 Å². The van der Waals surface area contributed by atoms with Gasteiger partial charge in [0.25, 0.3) is 0 Å². The van der Waals surface area contributed by atoms with E-state index in [4.69, 9.17) is 10.5 Å². The summed E-state index contributed by atoms with van der Waals surface area (Å²) in [7, 11) is 1.73. The Morgan fingerprint density at radius 1 is 1.03 bits per heavy atom. The second-order valence-corrected chi connectivity index (χ2v) is 7.56. The number of rotatable bonds is 6. The first-order valence-corrected chi connectivity index (χ1v) is 10.1. The molecule has 1 atom stereocenters. The zero-order valence-corrected chi connectivity index (χ0v) is 19.3. The predicted octanol–water partition coefficient (Wildman–Crippen LogP) is 3.59. The van der Waals surface area contributed by atoms with Gasteiger partial charge in [0, 0.05) is 50.8 Å². The average Bonchev–Trinajstić information content (AvgIpc) is 3.25. The fourth-order valence-corrected chi connectivity index (χ4v) is 3.94. The molecule has 1 aliphatic rings. The lowest BCUT2D eigenvalue weighted by molar-refractivity contribution is 0.239. The number of hydrogen-bond acceptors (Lipinski definition) is 5. The second kappa shape index (κ2) is 10.1. The first-order valence-electron chi connectivity index (χ1n) is 10.1. The maximum absolute atomic E-state index is 6.57. The third-order valence-electron chi connectivity index (χ3n) is 5.57. The van der Waals surface area contributed by atoms with E-state index in [2.05, 4.69) is 62.7 Å². The summed E-state index contributed by atoms with van der Waals surface area (Å²) in [4.78, 5) is 9.35. The van der Waals surface area contributed by atoms with E-state index in [0.717, 1.165) is 55.7 Å². The summed E-state index contributed by atoms with van der Waals surface area (Å²) in [6.07, 6.45) is 3.81. The van der Waals surface area contributed by atoms with Crippen LogP contribution in [0.4, 0.5) is 5.69 Å². The molecule has 0 aliphatic carbocycles. The molecule has 2 aromatic carbocycles. The van der Waals surface area contributed by atoms with E-state index >= 15 is 0 Å². The number of ether oxygens (including phenoxy) is 1. The van der Waals surface area contributed by atoms with Crippen molar-refractivity contribution in [2.24, 2.45) is 5.73 Å². The van der Waals surface area contributed by atoms with Crippen molar-refractivity contribution >= 4 is 22.7 Å². The summed E-state index contributed by atoms with van der Waals surface area (Å²) in [5.41, 5.74) is 10.1. The molecule has 30 heavy (non-hydrogen) atoms. The molecule has 0 spiro atoms. The number of nitrogens with zero attached hydrogens (tertiary/aromatic N) is 4. The molecular weight excluding hydrogens is 442 g/mol. The van der Waals surface area contributed by atoms with Crippen LogP contribution in [0.15, 0.2) is 60.9 Å². The highest BCUT2D eigenvalue weighted by molar-refractivity contribution is 8.93. The molecule has 1 fully saturated rings. The van der Waals surface area contributed by atoms with Crippen molar-refractivity contribution in [2.75, 3.05) is 44.7 Å². The van der Waals surface area contributed by atoms with Crippen LogP contribution in [-0.2, 0) is 0 Å². The van der Waals surface area contributed by atoms with E-state index in [1.807, 2.05) is 24.5 Å². The quantitative estimate of drug-likeness (QED) is 0.595. The molecule has 1 unspecified atom stereocenters. The maximum atomic E-state index is 6.57. The average molecular weight is 472 g/mol. The number of aromatic nitrogens is 2. The van der Waals surface area contributed by atoms with Gasteiger partial charge in [-0.25, -0.2) is 4.98 Å². The largest absolute Gasteiger partial charge is 0.495 e. The molecule has 4 rings (SSSR count). The van der Waals surface area contributed by atoms with Crippen LogP contribution in [0.1, 0.15) is 17.4 Å². The minimum absolute atomic E-state index is 0. The fraction of sp³-hybridized carbons (Fsp3) is 0.348. The number of nitrogens with two attached hydrogens (primary N) is 1. The molecule has 0 bridgehead atoms. The molecule has 1 aromatic heterocycles. The van der Waals surface area contributed by atoms with Gasteiger partial charge in [-0.1, -0.05) is 29.8 Å². The van der Waals surface area contributed by atoms with Crippen LogP contribution in [0.2, 0.25) is 0 Å². The van der Waals surface area contributed by atoms with Gasteiger partial charge in [0.05, 0.1) is 18.8 Å². The number of anilines is 1. The van der Waals surface area contributed by atoms with E-state index in [-0.39, 0.29) is 23.0 Å².